The van der Waals surface area contributed by atoms with Crippen LogP contribution in [0.5, 0.6) is 0 Å². The second-order valence-corrected chi connectivity index (χ2v) is 7.87. The fourth-order valence-corrected chi connectivity index (χ4v) is 5.03. The van der Waals surface area contributed by atoms with Crippen LogP contribution >= 0.6 is 0 Å². The van der Waals surface area contributed by atoms with Crippen molar-refractivity contribution in [3.63, 3.8) is 0 Å². The number of aliphatic imine (C=N–C) groups is 1. The summed E-state index contributed by atoms with van der Waals surface area (Å²) >= 11 is 0. The van der Waals surface area contributed by atoms with E-state index in [4.69, 9.17) is 16.2 Å². The smallest absolute Gasteiger partial charge is 0.254 e. The zero-order valence-corrected chi connectivity index (χ0v) is 14.8. The lowest BCUT2D eigenvalue weighted by atomic mass is 9.46. The number of amidine groups is 1. The number of amides is 2. The minimum absolute atomic E-state index is 0.0590. The van der Waals surface area contributed by atoms with E-state index in [0.717, 1.165) is 0 Å². The first-order valence-corrected chi connectivity index (χ1v) is 8.67. The molecule has 2 aliphatic heterocycles. The number of methoxy groups -OCH3 is 1. The Morgan fingerprint density at radius 1 is 1.37 bits per heavy atom. The molecule has 1 unspecified atom stereocenters. The first-order valence-electron chi connectivity index (χ1n) is 8.67. The lowest BCUT2D eigenvalue weighted by Gasteiger charge is -2.62. The number of nitrogens with one attached hydrogen (secondary N) is 1. The summed E-state index contributed by atoms with van der Waals surface area (Å²) < 4.78 is 31.8. The first-order chi connectivity index (χ1) is 12.6. The van der Waals surface area contributed by atoms with Crippen molar-refractivity contribution in [3.8, 4) is 0 Å². The van der Waals surface area contributed by atoms with Crippen LogP contribution in [-0.2, 0) is 14.3 Å². The molecule has 27 heavy (non-hydrogen) atoms. The number of fused-ring (bicyclic) bond motifs is 1. The fourth-order valence-electron chi connectivity index (χ4n) is 5.03. The average Bonchev–Trinajstić information content (AvgIpc) is 2.88. The maximum Gasteiger partial charge on any atom is 0.254 e. The summed E-state index contributed by atoms with van der Waals surface area (Å²) in [6.45, 7) is 0.0590. The van der Waals surface area contributed by atoms with Crippen LogP contribution in [-0.4, -0.2) is 47.8 Å². The van der Waals surface area contributed by atoms with E-state index >= 15 is 0 Å². The van der Waals surface area contributed by atoms with Gasteiger partial charge in [0.1, 0.15) is 5.57 Å². The normalized spacial score (nSPS) is 30.3. The quantitative estimate of drug-likeness (QED) is 0.626. The van der Waals surface area contributed by atoms with Gasteiger partial charge in [-0.2, -0.15) is 0 Å². The number of halogens is 2. The van der Waals surface area contributed by atoms with Crippen LogP contribution in [0.15, 0.2) is 28.5 Å². The SMILES string of the molecule is COCC1=C(C(N)=O)C2=NC=CC(C(N)=O)(C3CC4(C3)CC(F)(F)C4)N2N1. The molecule has 0 radical (unpaired) electrons. The molecule has 0 saturated heterocycles. The highest BCUT2D eigenvalue weighted by Gasteiger charge is 2.67. The molecule has 0 aromatic carbocycles. The highest BCUT2D eigenvalue weighted by atomic mass is 19.3. The van der Waals surface area contributed by atoms with Crippen molar-refractivity contribution in [2.75, 3.05) is 13.7 Å². The Bertz CT molecular complexity index is 805. The Labute approximate surface area is 154 Å². The number of ether oxygens (including phenoxy) is 1. The fraction of sp³-hybridized carbons (Fsp3) is 0.588. The summed E-state index contributed by atoms with van der Waals surface area (Å²) in [6, 6.07) is 0. The van der Waals surface area contributed by atoms with Crippen LogP contribution in [0.25, 0.3) is 0 Å². The van der Waals surface area contributed by atoms with Gasteiger partial charge < -0.3 is 16.2 Å². The molecule has 1 atom stereocenters. The Balaban J connectivity index is 1.65. The van der Waals surface area contributed by atoms with Crippen molar-refractivity contribution < 1.29 is 23.1 Å². The molecule has 146 valence electrons. The Hall–Kier alpha value is -2.49. The summed E-state index contributed by atoms with van der Waals surface area (Å²) in [6.07, 6.45) is 3.55. The molecular weight excluding hydrogens is 360 g/mol. The van der Waals surface area contributed by atoms with Crippen LogP contribution in [0.4, 0.5) is 8.78 Å². The van der Waals surface area contributed by atoms with Gasteiger partial charge in [-0.1, -0.05) is 0 Å². The third kappa shape index (κ3) is 2.39. The predicted octanol–water partition coefficient (Wildman–Crippen LogP) is 0.168. The van der Waals surface area contributed by atoms with Gasteiger partial charge in [0.05, 0.1) is 12.3 Å². The van der Waals surface area contributed by atoms with Crippen molar-refractivity contribution in [2.24, 2.45) is 27.8 Å². The van der Waals surface area contributed by atoms with Crippen LogP contribution in [0, 0.1) is 11.3 Å². The molecule has 2 fully saturated rings. The van der Waals surface area contributed by atoms with Crippen LogP contribution < -0.4 is 16.9 Å². The van der Waals surface area contributed by atoms with E-state index in [1.54, 1.807) is 6.08 Å². The maximum atomic E-state index is 13.3. The van der Waals surface area contributed by atoms with E-state index < -0.39 is 28.7 Å². The van der Waals surface area contributed by atoms with E-state index in [-0.39, 0.29) is 36.8 Å². The largest absolute Gasteiger partial charge is 0.378 e. The third-order valence-corrected chi connectivity index (χ3v) is 6.06. The number of hydrogen-bond acceptors (Lipinski definition) is 6. The van der Waals surface area contributed by atoms with Crippen molar-refractivity contribution in [2.45, 2.75) is 37.1 Å². The molecule has 0 aromatic rings. The summed E-state index contributed by atoms with van der Waals surface area (Å²) in [4.78, 5) is 28.7. The van der Waals surface area contributed by atoms with Crippen molar-refractivity contribution >= 4 is 17.6 Å². The molecule has 10 heteroatoms. The highest BCUT2D eigenvalue weighted by Crippen LogP contribution is 2.67. The number of carbonyl (C=O) groups is 2. The molecule has 4 rings (SSSR count). The monoisotopic (exact) mass is 381 g/mol. The first kappa shape index (κ1) is 17.9. The Morgan fingerprint density at radius 2 is 2.04 bits per heavy atom. The highest BCUT2D eigenvalue weighted by molar-refractivity contribution is 6.23. The summed E-state index contributed by atoms with van der Waals surface area (Å²) in [5, 5.41) is 1.44. The lowest BCUT2D eigenvalue weighted by molar-refractivity contribution is -0.218. The molecular formula is C17H21F2N5O3. The van der Waals surface area contributed by atoms with Crippen LogP contribution in [0.2, 0.25) is 0 Å². The van der Waals surface area contributed by atoms with Crippen molar-refractivity contribution in [3.05, 3.63) is 23.5 Å². The zero-order chi connectivity index (χ0) is 19.6. The van der Waals surface area contributed by atoms with Gasteiger partial charge in [0, 0.05) is 26.2 Å². The number of carbonyl (C=O) groups excluding carboxylic acids is 2. The molecule has 2 heterocycles. The van der Waals surface area contributed by atoms with Crippen LogP contribution in [0.3, 0.4) is 0 Å². The average molecular weight is 381 g/mol. The molecule has 2 aliphatic carbocycles. The van der Waals surface area contributed by atoms with Gasteiger partial charge in [0.2, 0.25) is 11.8 Å². The number of nitrogens with zero attached hydrogens (tertiary/aromatic N) is 2. The minimum Gasteiger partial charge on any atom is -0.378 e. The molecule has 2 amide bonds. The number of hydrazine groups is 1. The van der Waals surface area contributed by atoms with Gasteiger partial charge in [0.25, 0.3) is 5.91 Å². The van der Waals surface area contributed by atoms with E-state index in [9.17, 15) is 18.4 Å². The van der Waals surface area contributed by atoms with E-state index in [1.165, 1.54) is 18.3 Å². The third-order valence-electron chi connectivity index (χ3n) is 6.06. The zero-order valence-electron chi connectivity index (χ0n) is 14.8. The molecule has 1 spiro atoms. The van der Waals surface area contributed by atoms with Gasteiger partial charge in [-0.15, -0.1) is 0 Å². The molecule has 0 aromatic heterocycles. The number of rotatable bonds is 5. The number of nitrogens with two attached hydrogens (primary N) is 2. The number of alkyl halides is 2. The minimum atomic E-state index is -2.63. The van der Waals surface area contributed by atoms with Crippen molar-refractivity contribution in [1.82, 2.24) is 10.4 Å². The predicted molar refractivity (Wildman–Crippen MR) is 90.9 cm³/mol. The van der Waals surface area contributed by atoms with E-state index in [1.807, 2.05) is 0 Å². The molecule has 4 aliphatic rings. The molecule has 8 nitrogen and oxygen atoms in total. The number of primary amides is 2. The molecule has 2 saturated carbocycles. The Kier molecular flexibility index (Phi) is 3.65. The summed E-state index contributed by atoms with van der Waals surface area (Å²) in [7, 11) is 1.46. The molecule has 0 bridgehead atoms. The maximum absolute atomic E-state index is 13.3. The lowest BCUT2D eigenvalue weighted by Crippen LogP contribution is -2.70. The van der Waals surface area contributed by atoms with Crippen molar-refractivity contribution in [1.29, 1.82) is 0 Å². The van der Waals surface area contributed by atoms with Gasteiger partial charge in [0.15, 0.2) is 11.4 Å². The number of hydrogen-bond donors (Lipinski definition) is 3. The van der Waals surface area contributed by atoms with Gasteiger partial charge in [-0.05, 0) is 30.3 Å². The Morgan fingerprint density at radius 3 is 2.56 bits per heavy atom. The second-order valence-electron chi connectivity index (χ2n) is 7.87. The molecule has 5 N–H and O–H groups in total. The van der Waals surface area contributed by atoms with E-state index in [0.29, 0.717) is 18.5 Å². The topological polar surface area (TPSA) is 123 Å². The van der Waals surface area contributed by atoms with Gasteiger partial charge in [-0.3, -0.25) is 15.0 Å². The van der Waals surface area contributed by atoms with E-state index in [2.05, 4.69) is 10.4 Å². The van der Waals surface area contributed by atoms with Gasteiger partial charge >= 0.3 is 0 Å². The standard InChI is InChI=1S/C17H21F2N5O3/c1-27-6-10-11(12(20)25)13-22-3-2-17(14(21)26,24(13)23-10)9-4-15(5-9)7-16(18,19)8-15/h2-3,9,23H,4-8H2,1H3,(H2,20,25)(H2,21,26). The second kappa shape index (κ2) is 5.51. The van der Waals surface area contributed by atoms with Gasteiger partial charge in [-0.25, -0.2) is 18.8 Å². The summed E-state index contributed by atoms with van der Waals surface area (Å²) in [5.74, 6) is -4.08. The van der Waals surface area contributed by atoms with Crippen LogP contribution in [0.1, 0.15) is 25.7 Å². The summed E-state index contributed by atoms with van der Waals surface area (Å²) in [5.41, 5.74) is 13.0.